The van der Waals surface area contributed by atoms with Crippen molar-refractivity contribution in [2.45, 2.75) is 27.3 Å². The number of quaternary nitrogens is 1. The Morgan fingerprint density at radius 1 is 1.22 bits per heavy atom. The first-order valence-corrected chi connectivity index (χ1v) is 9.36. The van der Waals surface area contributed by atoms with Gasteiger partial charge in [0.1, 0.15) is 18.8 Å². The molecule has 0 saturated carbocycles. The molecule has 7 heteroatoms. The summed E-state index contributed by atoms with van der Waals surface area (Å²) in [6, 6.07) is 9.14. The zero-order chi connectivity index (χ0) is 20.0. The number of carbonyl (C=O) groups excluding carboxylic acids is 2. The second-order valence-electron chi connectivity index (χ2n) is 6.74. The standard InChI is InChI=1S/C20H26ClN3O3/c1-5-24(12-19(25)22-18-10-16(21)8-6-14(18)2)20(26)13-23(4)11-17-9-7-15(3)27-17/h6-10H,5,11-13H2,1-4H3,(H,22,25)/p+1. The van der Waals surface area contributed by atoms with E-state index in [4.69, 9.17) is 16.0 Å². The maximum absolute atomic E-state index is 12.6. The highest BCUT2D eigenvalue weighted by Gasteiger charge is 2.20. The average molecular weight is 393 g/mol. The van der Waals surface area contributed by atoms with Crippen molar-refractivity contribution in [1.82, 2.24) is 4.90 Å². The molecule has 0 aliphatic rings. The minimum absolute atomic E-state index is 0.00836. The smallest absolute Gasteiger partial charge is 0.278 e. The highest BCUT2D eigenvalue weighted by Crippen LogP contribution is 2.20. The van der Waals surface area contributed by atoms with Crippen molar-refractivity contribution in [3.8, 4) is 0 Å². The molecule has 1 aromatic heterocycles. The van der Waals surface area contributed by atoms with Crippen LogP contribution in [0.15, 0.2) is 34.7 Å². The number of hydrogen-bond donors (Lipinski definition) is 2. The van der Waals surface area contributed by atoms with Crippen LogP contribution in [0.2, 0.25) is 5.02 Å². The first-order valence-electron chi connectivity index (χ1n) is 8.99. The summed E-state index contributed by atoms with van der Waals surface area (Å²) in [5.41, 5.74) is 1.58. The quantitative estimate of drug-likeness (QED) is 0.722. The third kappa shape index (κ3) is 6.41. The molecule has 0 bridgehead atoms. The molecule has 6 nitrogen and oxygen atoms in total. The van der Waals surface area contributed by atoms with Gasteiger partial charge in [0.2, 0.25) is 5.91 Å². The van der Waals surface area contributed by atoms with Gasteiger partial charge < -0.3 is 19.5 Å². The number of nitrogens with zero attached hydrogens (tertiary/aromatic N) is 1. The molecule has 0 saturated heterocycles. The third-order valence-corrected chi connectivity index (χ3v) is 4.50. The molecule has 2 N–H and O–H groups in total. The fraction of sp³-hybridized carbons (Fsp3) is 0.400. The van der Waals surface area contributed by atoms with Crippen LogP contribution in [0.25, 0.3) is 0 Å². The van der Waals surface area contributed by atoms with Gasteiger partial charge in [0.25, 0.3) is 5.91 Å². The molecule has 0 aliphatic heterocycles. The predicted molar refractivity (Wildman–Crippen MR) is 106 cm³/mol. The van der Waals surface area contributed by atoms with Crippen LogP contribution in [0.4, 0.5) is 5.69 Å². The monoisotopic (exact) mass is 392 g/mol. The Kier molecular flexibility index (Phi) is 7.45. The number of hydrogen-bond acceptors (Lipinski definition) is 3. The normalized spacial score (nSPS) is 11.9. The molecular formula is C20H27ClN3O3+. The number of amides is 2. The Morgan fingerprint density at radius 3 is 2.59 bits per heavy atom. The van der Waals surface area contributed by atoms with Crippen LogP contribution >= 0.6 is 11.6 Å². The fourth-order valence-electron chi connectivity index (χ4n) is 2.78. The van der Waals surface area contributed by atoms with Crippen LogP contribution in [0.1, 0.15) is 24.0 Å². The number of carbonyl (C=O) groups is 2. The van der Waals surface area contributed by atoms with Crippen molar-refractivity contribution in [2.24, 2.45) is 0 Å². The molecule has 27 heavy (non-hydrogen) atoms. The van der Waals surface area contributed by atoms with Crippen LogP contribution in [0.3, 0.4) is 0 Å². The highest BCUT2D eigenvalue weighted by atomic mass is 35.5. The number of anilines is 1. The molecule has 1 heterocycles. The van der Waals surface area contributed by atoms with E-state index >= 15 is 0 Å². The van der Waals surface area contributed by atoms with Gasteiger partial charge in [-0.25, -0.2) is 0 Å². The van der Waals surface area contributed by atoms with Crippen LogP contribution in [0.5, 0.6) is 0 Å². The van der Waals surface area contributed by atoms with Gasteiger partial charge in [-0.1, -0.05) is 17.7 Å². The van der Waals surface area contributed by atoms with E-state index in [0.717, 1.165) is 22.0 Å². The second-order valence-corrected chi connectivity index (χ2v) is 7.17. The van der Waals surface area contributed by atoms with Gasteiger partial charge in [0.05, 0.1) is 7.05 Å². The molecule has 1 atom stereocenters. The molecule has 0 fully saturated rings. The second kappa shape index (κ2) is 9.58. The van der Waals surface area contributed by atoms with Crippen LogP contribution in [-0.2, 0) is 16.1 Å². The van der Waals surface area contributed by atoms with Gasteiger partial charge in [0, 0.05) is 17.3 Å². The van der Waals surface area contributed by atoms with Gasteiger partial charge in [-0.2, -0.15) is 0 Å². The maximum Gasteiger partial charge on any atom is 0.278 e. The van der Waals surface area contributed by atoms with Crippen molar-refractivity contribution >= 4 is 29.1 Å². The summed E-state index contributed by atoms with van der Waals surface area (Å²) in [4.78, 5) is 27.5. The van der Waals surface area contributed by atoms with E-state index in [2.05, 4.69) is 5.32 Å². The van der Waals surface area contributed by atoms with Crippen molar-refractivity contribution in [1.29, 1.82) is 0 Å². The lowest BCUT2D eigenvalue weighted by molar-refractivity contribution is -0.886. The van der Waals surface area contributed by atoms with Gasteiger partial charge in [-0.15, -0.1) is 0 Å². The Bertz CT molecular complexity index is 804. The summed E-state index contributed by atoms with van der Waals surface area (Å²) in [5.74, 6) is 1.38. The van der Waals surface area contributed by atoms with E-state index in [0.29, 0.717) is 23.8 Å². The lowest BCUT2D eigenvalue weighted by atomic mass is 10.2. The molecule has 1 unspecified atom stereocenters. The molecule has 2 rings (SSSR count). The van der Waals surface area contributed by atoms with E-state index in [1.54, 1.807) is 17.0 Å². The number of likely N-dealkylation sites (N-methyl/N-ethyl adjacent to an activating group) is 2. The van der Waals surface area contributed by atoms with Gasteiger partial charge in [-0.05, 0) is 50.6 Å². The highest BCUT2D eigenvalue weighted by molar-refractivity contribution is 6.31. The van der Waals surface area contributed by atoms with Gasteiger partial charge in [0.15, 0.2) is 12.3 Å². The molecule has 0 aliphatic carbocycles. The van der Waals surface area contributed by atoms with Crippen molar-refractivity contribution < 1.29 is 18.9 Å². The van der Waals surface area contributed by atoms with E-state index in [1.165, 1.54) is 0 Å². The summed E-state index contributed by atoms with van der Waals surface area (Å²) in [6.45, 7) is 7.03. The molecule has 1 aromatic carbocycles. The molecular weight excluding hydrogens is 366 g/mol. The molecule has 0 radical (unpaired) electrons. The lowest BCUT2D eigenvalue weighted by Crippen LogP contribution is -3.08. The van der Waals surface area contributed by atoms with Crippen LogP contribution in [-0.4, -0.2) is 43.4 Å². The minimum Gasteiger partial charge on any atom is -0.460 e. The summed E-state index contributed by atoms with van der Waals surface area (Å²) in [5, 5.41) is 3.38. The SMILES string of the molecule is CCN(CC(=O)Nc1cc(Cl)ccc1C)C(=O)C[NH+](C)Cc1ccc(C)o1. The summed E-state index contributed by atoms with van der Waals surface area (Å²) in [6.07, 6.45) is 0. The molecule has 2 amide bonds. The number of aryl methyl sites for hydroxylation is 2. The summed E-state index contributed by atoms with van der Waals surface area (Å²) >= 11 is 5.98. The lowest BCUT2D eigenvalue weighted by Gasteiger charge is -2.22. The maximum atomic E-state index is 12.6. The van der Waals surface area contributed by atoms with E-state index < -0.39 is 0 Å². The number of halogens is 1. The Hall–Kier alpha value is -2.31. The average Bonchev–Trinajstić information content (AvgIpc) is 3.00. The molecule has 146 valence electrons. The first kappa shape index (κ1) is 21.0. The van der Waals surface area contributed by atoms with Crippen molar-refractivity contribution in [2.75, 3.05) is 32.0 Å². The van der Waals surface area contributed by atoms with E-state index in [9.17, 15) is 9.59 Å². The van der Waals surface area contributed by atoms with Gasteiger partial charge in [-0.3, -0.25) is 9.59 Å². The predicted octanol–water partition coefficient (Wildman–Crippen LogP) is 2.05. The molecule has 0 spiro atoms. The minimum atomic E-state index is -0.241. The Morgan fingerprint density at radius 2 is 1.96 bits per heavy atom. The number of nitrogens with one attached hydrogen (secondary N) is 2. The van der Waals surface area contributed by atoms with Crippen molar-refractivity contribution in [3.05, 3.63) is 52.4 Å². The Balaban J connectivity index is 1.89. The zero-order valence-corrected chi connectivity index (χ0v) is 17.0. The number of benzene rings is 1. The fourth-order valence-corrected chi connectivity index (χ4v) is 2.95. The topological polar surface area (TPSA) is 67.0 Å². The van der Waals surface area contributed by atoms with E-state index in [-0.39, 0.29) is 24.9 Å². The third-order valence-electron chi connectivity index (χ3n) is 4.27. The van der Waals surface area contributed by atoms with Crippen molar-refractivity contribution in [3.63, 3.8) is 0 Å². The number of furan rings is 1. The van der Waals surface area contributed by atoms with Crippen LogP contribution < -0.4 is 10.2 Å². The van der Waals surface area contributed by atoms with Gasteiger partial charge >= 0.3 is 0 Å². The zero-order valence-electron chi connectivity index (χ0n) is 16.3. The number of rotatable bonds is 8. The largest absolute Gasteiger partial charge is 0.460 e. The Labute approximate surface area is 165 Å². The molecule has 2 aromatic rings. The summed E-state index contributed by atoms with van der Waals surface area (Å²) < 4.78 is 5.55. The van der Waals surface area contributed by atoms with Crippen LogP contribution in [0, 0.1) is 13.8 Å². The summed E-state index contributed by atoms with van der Waals surface area (Å²) in [7, 11) is 1.93. The first-order chi connectivity index (χ1) is 12.8. The van der Waals surface area contributed by atoms with E-state index in [1.807, 2.05) is 46.0 Å².